The van der Waals surface area contributed by atoms with Crippen LogP contribution in [0.3, 0.4) is 0 Å². The summed E-state index contributed by atoms with van der Waals surface area (Å²) in [6, 6.07) is 49.2. The van der Waals surface area contributed by atoms with Crippen molar-refractivity contribution in [1.29, 1.82) is 0 Å². The summed E-state index contributed by atoms with van der Waals surface area (Å²) in [6.07, 6.45) is 0. The molecule has 0 bridgehead atoms. The second-order valence-corrected chi connectivity index (χ2v) is 8.50. The molecule has 0 saturated heterocycles. The summed E-state index contributed by atoms with van der Waals surface area (Å²) in [6.45, 7) is 0. The second kappa shape index (κ2) is 8.80. The van der Waals surface area contributed by atoms with Crippen molar-refractivity contribution in [2.45, 2.75) is 0 Å². The molecular weight excluding hydrogens is 410 g/mol. The Morgan fingerprint density at radius 2 is 0.824 bits per heavy atom. The molecule has 34 heavy (non-hydrogen) atoms. The lowest BCUT2D eigenvalue weighted by atomic mass is 9.92. The molecule has 0 N–H and O–H groups in total. The van der Waals surface area contributed by atoms with Crippen LogP contribution >= 0.6 is 0 Å². The van der Waals surface area contributed by atoms with E-state index >= 15 is 0 Å². The summed E-state index contributed by atoms with van der Waals surface area (Å²) in [5.74, 6) is 0. The number of hydrogen-bond donors (Lipinski definition) is 0. The van der Waals surface area contributed by atoms with Gasteiger partial charge in [0, 0.05) is 10.9 Å². The maximum atomic E-state index is 4.91. The monoisotopic (exact) mass is 433 g/mol. The van der Waals surface area contributed by atoms with Gasteiger partial charge in [-0.05, 0) is 69.8 Å². The van der Waals surface area contributed by atoms with E-state index in [1.54, 1.807) is 0 Å². The van der Waals surface area contributed by atoms with Crippen LogP contribution in [0.2, 0.25) is 0 Å². The molecule has 0 saturated carbocycles. The Morgan fingerprint density at radius 1 is 0.324 bits per heavy atom. The first-order valence-corrected chi connectivity index (χ1v) is 11.6. The van der Waals surface area contributed by atoms with E-state index in [1.807, 2.05) is 12.1 Å². The third kappa shape index (κ3) is 4.00. The van der Waals surface area contributed by atoms with E-state index < -0.39 is 0 Å². The van der Waals surface area contributed by atoms with Gasteiger partial charge in [0.05, 0.1) is 11.2 Å². The average molecular weight is 434 g/mol. The van der Waals surface area contributed by atoms with Crippen molar-refractivity contribution in [2.75, 3.05) is 0 Å². The first kappa shape index (κ1) is 20.1. The van der Waals surface area contributed by atoms with Gasteiger partial charge in [0.2, 0.25) is 0 Å². The van der Waals surface area contributed by atoms with E-state index in [1.165, 1.54) is 33.4 Å². The first-order valence-electron chi connectivity index (χ1n) is 11.6. The molecule has 0 spiro atoms. The molecule has 0 aliphatic heterocycles. The zero-order valence-corrected chi connectivity index (χ0v) is 18.7. The van der Waals surface area contributed by atoms with Crippen molar-refractivity contribution in [3.8, 4) is 44.6 Å². The van der Waals surface area contributed by atoms with Crippen LogP contribution in [0, 0.1) is 0 Å². The molecule has 1 heteroatoms. The molecule has 1 aromatic heterocycles. The normalized spacial score (nSPS) is 10.9. The fourth-order valence-electron chi connectivity index (χ4n) is 4.47. The zero-order valence-electron chi connectivity index (χ0n) is 18.7. The number of para-hydroxylation sites is 1. The van der Waals surface area contributed by atoms with Crippen LogP contribution in [0.4, 0.5) is 0 Å². The number of pyridine rings is 1. The van der Waals surface area contributed by atoms with E-state index in [-0.39, 0.29) is 0 Å². The minimum absolute atomic E-state index is 0.989. The molecule has 1 nitrogen and oxygen atoms in total. The molecule has 6 aromatic rings. The van der Waals surface area contributed by atoms with Gasteiger partial charge in [-0.15, -0.1) is 0 Å². The van der Waals surface area contributed by atoms with Gasteiger partial charge in [0.25, 0.3) is 0 Å². The van der Waals surface area contributed by atoms with Crippen molar-refractivity contribution < 1.29 is 0 Å². The number of aromatic nitrogens is 1. The van der Waals surface area contributed by atoms with Crippen molar-refractivity contribution in [1.82, 2.24) is 4.98 Å². The predicted molar refractivity (Wildman–Crippen MR) is 143 cm³/mol. The molecule has 0 unspecified atom stereocenters. The van der Waals surface area contributed by atoms with Gasteiger partial charge >= 0.3 is 0 Å². The van der Waals surface area contributed by atoms with Crippen LogP contribution in [0.5, 0.6) is 0 Å². The molecule has 0 aliphatic rings. The maximum Gasteiger partial charge on any atom is 0.0709 e. The number of nitrogens with zero attached hydrogens (tertiary/aromatic N) is 1. The number of benzene rings is 5. The fourth-order valence-corrected chi connectivity index (χ4v) is 4.47. The number of fused-ring (bicyclic) bond motifs is 1. The molecule has 0 radical (unpaired) electrons. The van der Waals surface area contributed by atoms with Gasteiger partial charge in [-0.3, -0.25) is 0 Å². The molecule has 1 heterocycles. The molecule has 0 aliphatic carbocycles. The van der Waals surface area contributed by atoms with Crippen molar-refractivity contribution in [3.63, 3.8) is 0 Å². The van der Waals surface area contributed by atoms with Gasteiger partial charge < -0.3 is 0 Å². The van der Waals surface area contributed by atoms with E-state index in [2.05, 4.69) is 127 Å². The molecule has 0 fully saturated rings. The van der Waals surface area contributed by atoms with Crippen LogP contribution in [0.25, 0.3) is 55.5 Å². The van der Waals surface area contributed by atoms with Crippen molar-refractivity contribution in [2.24, 2.45) is 0 Å². The standard InChI is InChI=1S/C33H23N/c1-3-10-24(11-4-1)29-21-30(25-12-5-2-6-13-25)23-31(22-29)27-15-9-16-28(20-27)33-19-18-26-14-7-8-17-32(26)34-33/h1-23H. The van der Waals surface area contributed by atoms with E-state index in [0.29, 0.717) is 0 Å². The average Bonchev–Trinajstić information content (AvgIpc) is 2.93. The molecule has 6 rings (SSSR count). The van der Waals surface area contributed by atoms with Gasteiger partial charge in [-0.2, -0.15) is 0 Å². The lowest BCUT2D eigenvalue weighted by Gasteiger charge is -2.12. The number of hydrogen-bond acceptors (Lipinski definition) is 1. The molecule has 0 atom stereocenters. The Kier molecular flexibility index (Phi) is 5.21. The SMILES string of the molecule is c1ccc(-c2cc(-c3ccccc3)cc(-c3cccc(-c4ccc5ccccc5n4)c3)c2)cc1. The minimum Gasteiger partial charge on any atom is -0.248 e. The van der Waals surface area contributed by atoms with Gasteiger partial charge in [0.1, 0.15) is 0 Å². The summed E-state index contributed by atoms with van der Waals surface area (Å²) in [7, 11) is 0. The molecule has 160 valence electrons. The van der Waals surface area contributed by atoms with E-state index in [4.69, 9.17) is 4.98 Å². The maximum absolute atomic E-state index is 4.91. The lowest BCUT2D eigenvalue weighted by molar-refractivity contribution is 1.40. The predicted octanol–water partition coefficient (Wildman–Crippen LogP) is 8.90. The fraction of sp³-hybridized carbons (Fsp3) is 0. The van der Waals surface area contributed by atoms with E-state index in [0.717, 1.165) is 22.2 Å². The van der Waals surface area contributed by atoms with E-state index in [9.17, 15) is 0 Å². The summed E-state index contributed by atoms with van der Waals surface area (Å²) in [5.41, 5.74) is 10.4. The third-order valence-corrected chi connectivity index (χ3v) is 6.24. The van der Waals surface area contributed by atoms with Gasteiger partial charge in [-0.25, -0.2) is 4.98 Å². The molecule has 5 aromatic carbocycles. The van der Waals surface area contributed by atoms with Gasteiger partial charge in [-0.1, -0.05) is 103 Å². The molecular formula is C33H23N. The highest BCUT2D eigenvalue weighted by Crippen LogP contribution is 2.34. The Labute approximate surface area is 200 Å². The smallest absolute Gasteiger partial charge is 0.0709 e. The van der Waals surface area contributed by atoms with Crippen molar-refractivity contribution >= 4 is 10.9 Å². The molecule has 0 amide bonds. The zero-order chi connectivity index (χ0) is 22.7. The van der Waals surface area contributed by atoms with Crippen LogP contribution in [0.15, 0.2) is 140 Å². The van der Waals surface area contributed by atoms with Crippen LogP contribution < -0.4 is 0 Å². The summed E-state index contributed by atoms with van der Waals surface area (Å²) in [5, 5.41) is 1.16. The van der Waals surface area contributed by atoms with Crippen molar-refractivity contribution in [3.05, 3.63) is 140 Å². The summed E-state index contributed by atoms with van der Waals surface area (Å²) < 4.78 is 0. The van der Waals surface area contributed by atoms with Crippen LogP contribution in [-0.4, -0.2) is 4.98 Å². The quantitative estimate of drug-likeness (QED) is 0.270. The van der Waals surface area contributed by atoms with Crippen LogP contribution in [-0.2, 0) is 0 Å². The Balaban J connectivity index is 1.48. The lowest BCUT2D eigenvalue weighted by Crippen LogP contribution is -1.88. The first-order chi connectivity index (χ1) is 16.8. The second-order valence-electron chi connectivity index (χ2n) is 8.50. The summed E-state index contributed by atoms with van der Waals surface area (Å²) in [4.78, 5) is 4.91. The third-order valence-electron chi connectivity index (χ3n) is 6.24. The Bertz CT molecular complexity index is 1530. The summed E-state index contributed by atoms with van der Waals surface area (Å²) >= 11 is 0. The van der Waals surface area contributed by atoms with Gasteiger partial charge in [0.15, 0.2) is 0 Å². The highest BCUT2D eigenvalue weighted by Gasteiger charge is 2.09. The Morgan fingerprint density at radius 3 is 1.50 bits per heavy atom. The highest BCUT2D eigenvalue weighted by molar-refractivity contribution is 5.84. The minimum atomic E-state index is 0.989. The van der Waals surface area contributed by atoms with Crippen LogP contribution in [0.1, 0.15) is 0 Å². The topological polar surface area (TPSA) is 12.9 Å². The Hall–Kier alpha value is -4.49. The highest BCUT2D eigenvalue weighted by atomic mass is 14.7. The largest absolute Gasteiger partial charge is 0.248 e. The number of rotatable bonds is 4.